The molecule has 1 heterocycles. The highest BCUT2D eigenvalue weighted by atomic mass is 35.5. The van der Waals surface area contributed by atoms with Crippen LogP contribution < -0.4 is 0 Å². The third kappa shape index (κ3) is 3.08. The van der Waals surface area contributed by atoms with Gasteiger partial charge in [0.05, 0.1) is 5.02 Å². The van der Waals surface area contributed by atoms with Crippen molar-refractivity contribution >= 4 is 27.5 Å². The Hall–Kier alpha value is -1.11. The lowest BCUT2D eigenvalue weighted by Crippen LogP contribution is -2.56. The van der Waals surface area contributed by atoms with Gasteiger partial charge in [0.1, 0.15) is 4.90 Å². The van der Waals surface area contributed by atoms with Crippen molar-refractivity contribution in [1.82, 2.24) is 9.21 Å². The van der Waals surface area contributed by atoms with E-state index in [0.717, 1.165) is 11.8 Å². The Bertz CT molecular complexity index is 851. The van der Waals surface area contributed by atoms with Gasteiger partial charge in [-0.1, -0.05) is 23.7 Å². The summed E-state index contributed by atoms with van der Waals surface area (Å²) >= 11 is 6.11. The van der Waals surface area contributed by atoms with Crippen molar-refractivity contribution in [3.63, 3.8) is 0 Å². The Kier molecular flexibility index (Phi) is 4.72. The Labute approximate surface area is 172 Å². The minimum Gasteiger partial charge on any atom is -0.340 e. The molecule has 0 N–H and O–H groups in total. The van der Waals surface area contributed by atoms with Crippen molar-refractivity contribution in [3.05, 3.63) is 29.3 Å². The van der Waals surface area contributed by atoms with Crippen molar-refractivity contribution in [2.24, 2.45) is 29.6 Å². The first kappa shape index (κ1) is 18.9. The molecule has 0 radical (unpaired) electrons. The quantitative estimate of drug-likeness (QED) is 0.751. The maximum atomic E-state index is 13.3. The molecule has 5 nitrogen and oxygen atoms in total. The van der Waals surface area contributed by atoms with Crippen LogP contribution in [0.2, 0.25) is 5.02 Å². The maximum absolute atomic E-state index is 13.3. The molecule has 0 unspecified atom stereocenters. The first-order chi connectivity index (χ1) is 13.4. The number of halogens is 1. The average molecular weight is 423 g/mol. The van der Waals surface area contributed by atoms with E-state index in [1.165, 1.54) is 36.4 Å². The number of hydrogen-bond donors (Lipinski definition) is 0. The first-order valence-electron chi connectivity index (χ1n) is 10.5. The molecule has 5 fully saturated rings. The summed E-state index contributed by atoms with van der Waals surface area (Å²) in [6, 6.07) is 6.55. The fraction of sp³-hybridized carbons (Fsp3) is 0.667. The molecular weight excluding hydrogens is 396 g/mol. The van der Waals surface area contributed by atoms with Crippen LogP contribution >= 0.6 is 11.6 Å². The van der Waals surface area contributed by atoms with Crippen LogP contribution in [0.5, 0.6) is 0 Å². The molecule has 5 aliphatic rings. The van der Waals surface area contributed by atoms with Crippen LogP contribution in [0.1, 0.15) is 32.1 Å². The Morgan fingerprint density at radius 2 is 1.46 bits per heavy atom. The fourth-order valence-corrected chi connectivity index (χ4v) is 8.40. The Morgan fingerprint density at radius 3 is 2.04 bits per heavy atom. The van der Waals surface area contributed by atoms with Crippen molar-refractivity contribution in [2.75, 3.05) is 26.2 Å². The molecule has 0 atom stereocenters. The lowest BCUT2D eigenvalue weighted by Gasteiger charge is -2.54. The largest absolute Gasteiger partial charge is 0.340 e. The third-order valence-corrected chi connectivity index (χ3v) is 9.92. The molecule has 152 valence electrons. The third-order valence-electron chi connectivity index (χ3n) is 7.52. The molecule has 4 aliphatic carbocycles. The minimum atomic E-state index is -3.62. The normalized spacial score (nSPS) is 35.3. The van der Waals surface area contributed by atoms with Gasteiger partial charge in [0.25, 0.3) is 0 Å². The summed E-state index contributed by atoms with van der Waals surface area (Å²) in [5.74, 6) is 3.29. The second-order valence-corrected chi connectivity index (χ2v) is 11.4. The van der Waals surface area contributed by atoms with Gasteiger partial charge in [0.15, 0.2) is 0 Å². The zero-order valence-corrected chi connectivity index (χ0v) is 17.5. The molecule has 1 aliphatic heterocycles. The summed E-state index contributed by atoms with van der Waals surface area (Å²) in [5, 5.41) is 0.245. The first-order valence-corrected chi connectivity index (χ1v) is 12.3. The smallest absolute Gasteiger partial charge is 0.244 e. The van der Waals surface area contributed by atoms with Crippen LogP contribution in [0.4, 0.5) is 0 Å². The monoisotopic (exact) mass is 422 g/mol. The molecule has 0 aromatic heterocycles. The van der Waals surface area contributed by atoms with Crippen molar-refractivity contribution < 1.29 is 13.2 Å². The zero-order valence-electron chi connectivity index (χ0n) is 16.0. The van der Waals surface area contributed by atoms with Crippen LogP contribution in [0.25, 0.3) is 0 Å². The van der Waals surface area contributed by atoms with E-state index >= 15 is 0 Å². The number of carbonyl (C=O) groups excluding carboxylic acids is 1. The second-order valence-electron chi connectivity index (χ2n) is 9.12. The summed E-state index contributed by atoms with van der Waals surface area (Å²) in [6.07, 6.45) is 6.29. The van der Waals surface area contributed by atoms with Crippen LogP contribution in [0.3, 0.4) is 0 Å². The molecule has 6 rings (SSSR count). The maximum Gasteiger partial charge on any atom is 0.244 e. The second kappa shape index (κ2) is 6.99. The molecule has 4 bridgehead atoms. The number of sulfonamides is 1. The number of benzene rings is 1. The van der Waals surface area contributed by atoms with E-state index in [4.69, 9.17) is 11.6 Å². The molecule has 0 spiro atoms. The van der Waals surface area contributed by atoms with E-state index in [2.05, 4.69) is 0 Å². The van der Waals surface area contributed by atoms with E-state index in [9.17, 15) is 13.2 Å². The van der Waals surface area contributed by atoms with Gasteiger partial charge in [-0.3, -0.25) is 4.79 Å². The van der Waals surface area contributed by atoms with Gasteiger partial charge < -0.3 is 4.90 Å². The summed E-state index contributed by atoms with van der Waals surface area (Å²) in [4.78, 5) is 15.4. The molecule has 1 aromatic rings. The molecule has 28 heavy (non-hydrogen) atoms. The van der Waals surface area contributed by atoms with Gasteiger partial charge in [0, 0.05) is 32.1 Å². The van der Waals surface area contributed by atoms with Gasteiger partial charge >= 0.3 is 0 Å². The predicted molar refractivity (Wildman–Crippen MR) is 107 cm³/mol. The number of amides is 1. The summed E-state index contributed by atoms with van der Waals surface area (Å²) < 4.78 is 27.3. The van der Waals surface area contributed by atoms with Gasteiger partial charge in [-0.2, -0.15) is 4.31 Å². The highest BCUT2D eigenvalue weighted by molar-refractivity contribution is 7.89. The molecule has 1 amide bonds. The zero-order chi connectivity index (χ0) is 19.5. The number of carbonyl (C=O) groups is 1. The van der Waals surface area contributed by atoms with E-state index in [1.807, 2.05) is 4.90 Å². The number of piperazine rings is 1. The van der Waals surface area contributed by atoms with E-state index in [1.54, 1.807) is 24.3 Å². The lowest BCUT2D eigenvalue weighted by molar-refractivity contribution is -0.150. The van der Waals surface area contributed by atoms with Crippen molar-refractivity contribution in [3.8, 4) is 0 Å². The number of hydrogen-bond acceptors (Lipinski definition) is 3. The molecule has 1 saturated heterocycles. The standard InChI is InChI=1S/C21H27ClN2O3S/c22-18-3-1-2-4-19(18)28(26,27)24-7-5-23(6-8-24)21(25)20-16-10-14-9-15(12-16)13-17(20)11-14/h1-4,14-17,20H,5-13H2. The van der Waals surface area contributed by atoms with Gasteiger partial charge in [-0.15, -0.1) is 0 Å². The average Bonchev–Trinajstić information content (AvgIpc) is 2.67. The number of nitrogens with zero attached hydrogens (tertiary/aromatic N) is 2. The van der Waals surface area contributed by atoms with Crippen molar-refractivity contribution in [2.45, 2.75) is 37.0 Å². The Morgan fingerprint density at radius 1 is 0.893 bits per heavy atom. The SMILES string of the molecule is O=C(C1C2CC3CC(C2)CC1C3)N1CCN(S(=O)(=O)c2ccccc2Cl)CC1. The lowest BCUT2D eigenvalue weighted by atomic mass is 9.51. The van der Waals surface area contributed by atoms with Crippen molar-refractivity contribution in [1.29, 1.82) is 0 Å². The molecular formula is C21H27ClN2O3S. The molecule has 4 saturated carbocycles. The van der Waals surface area contributed by atoms with Crippen LogP contribution in [-0.2, 0) is 14.8 Å². The summed E-state index contributed by atoms with van der Waals surface area (Å²) in [5.41, 5.74) is 0. The topological polar surface area (TPSA) is 57.7 Å². The summed E-state index contributed by atoms with van der Waals surface area (Å²) in [6.45, 7) is 1.63. The predicted octanol–water partition coefficient (Wildman–Crippen LogP) is 3.25. The minimum absolute atomic E-state index is 0.150. The molecule has 1 aromatic carbocycles. The van der Waals surface area contributed by atoms with E-state index < -0.39 is 10.0 Å². The van der Waals surface area contributed by atoms with Gasteiger partial charge in [-0.25, -0.2) is 8.42 Å². The van der Waals surface area contributed by atoms with Gasteiger partial charge in [0.2, 0.25) is 15.9 Å². The van der Waals surface area contributed by atoms with Crippen LogP contribution in [-0.4, -0.2) is 49.7 Å². The van der Waals surface area contributed by atoms with E-state index in [0.29, 0.717) is 38.0 Å². The highest BCUT2D eigenvalue weighted by Crippen LogP contribution is 2.56. The Balaban J connectivity index is 1.26. The van der Waals surface area contributed by atoms with E-state index in [-0.39, 0.29) is 21.7 Å². The fourth-order valence-electron chi connectivity index (χ4n) is 6.48. The summed E-state index contributed by atoms with van der Waals surface area (Å²) in [7, 11) is -3.62. The highest BCUT2D eigenvalue weighted by Gasteiger charge is 2.51. The van der Waals surface area contributed by atoms with Crippen LogP contribution in [0.15, 0.2) is 29.2 Å². The molecule has 7 heteroatoms. The van der Waals surface area contributed by atoms with Gasteiger partial charge in [-0.05, 0) is 67.9 Å². The van der Waals surface area contributed by atoms with Crippen LogP contribution in [0, 0.1) is 29.6 Å². The number of rotatable bonds is 3.